The largest absolute Gasteiger partial charge is 0.392 e. The molecule has 1 amide bonds. The standard InChI is InChI=1S/C11H22N2O2/c1-8(2)4-3-5-12-11(15)10-6-9(14)7-13-10/h8-10,13-14H,3-7H2,1-2H3,(H,12,15). The Morgan fingerprint density at radius 1 is 1.60 bits per heavy atom. The number of nitrogens with one attached hydrogen (secondary N) is 2. The van der Waals surface area contributed by atoms with Crippen LogP contribution in [-0.4, -0.2) is 36.2 Å². The zero-order valence-electron chi connectivity index (χ0n) is 9.62. The molecule has 0 aromatic carbocycles. The monoisotopic (exact) mass is 214 g/mol. The average Bonchev–Trinajstić information content (AvgIpc) is 2.59. The van der Waals surface area contributed by atoms with Crippen molar-refractivity contribution in [2.45, 2.75) is 45.3 Å². The third-order valence-corrected chi connectivity index (χ3v) is 2.68. The average molecular weight is 214 g/mol. The molecule has 1 saturated heterocycles. The molecule has 15 heavy (non-hydrogen) atoms. The van der Waals surface area contributed by atoms with E-state index in [-0.39, 0.29) is 18.1 Å². The van der Waals surface area contributed by atoms with Crippen molar-refractivity contribution in [3.05, 3.63) is 0 Å². The van der Waals surface area contributed by atoms with Gasteiger partial charge >= 0.3 is 0 Å². The van der Waals surface area contributed by atoms with Crippen molar-refractivity contribution in [1.29, 1.82) is 0 Å². The van der Waals surface area contributed by atoms with Crippen molar-refractivity contribution in [1.82, 2.24) is 10.6 Å². The third kappa shape index (κ3) is 4.62. The first-order valence-electron chi connectivity index (χ1n) is 5.78. The summed E-state index contributed by atoms with van der Waals surface area (Å²) >= 11 is 0. The maximum absolute atomic E-state index is 11.6. The van der Waals surface area contributed by atoms with Gasteiger partial charge in [-0.3, -0.25) is 4.79 Å². The highest BCUT2D eigenvalue weighted by Crippen LogP contribution is 2.06. The molecule has 1 heterocycles. The zero-order chi connectivity index (χ0) is 11.3. The van der Waals surface area contributed by atoms with Crippen molar-refractivity contribution >= 4 is 5.91 Å². The Morgan fingerprint density at radius 2 is 2.33 bits per heavy atom. The fourth-order valence-electron chi connectivity index (χ4n) is 1.76. The van der Waals surface area contributed by atoms with Crippen LogP contribution in [0.3, 0.4) is 0 Å². The Kier molecular flexibility index (Phi) is 5.05. The van der Waals surface area contributed by atoms with E-state index in [1.165, 1.54) is 0 Å². The highest BCUT2D eigenvalue weighted by atomic mass is 16.3. The van der Waals surface area contributed by atoms with Gasteiger partial charge < -0.3 is 15.7 Å². The highest BCUT2D eigenvalue weighted by Gasteiger charge is 2.27. The molecule has 0 bridgehead atoms. The van der Waals surface area contributed by atoms with Gasteiger partial charge in [0.05, 0.1) is 12.1 Å². The van der Waals surface area contributed by atoms with Gasteiger partial charge in [0, 0.05) is 13.1 Å². The van der Waals surface area contributed by atoms with E-state index in [0.717, 1.165) is 19.4 Å². The summed E-state index contributed by atoms with van der Waals surface area (Å²) < 4.78 is 0. The van der Waals surface area contributed by atoms with Crippen LogP contribution in [0.15, 0.2) is 0 Å². The van der Waals surface area contributed by atoms with Crippen molar-refractivity contribution in [2.75, 3.05) is 13.1 Å². The van der Waals surface area contributed by atoms with Gasteiger partial charge in [-0.2, -0.15) is 0 Å². The van der Waals surface area contributed by atoms with E-state index in [1.807, 2.05) is 0 Å². The van der Waals surface area contributed by atoms with E-state index < -0.39 is 0 Å². The predicted octanol–water partition coefficient (Wildman–Crippen LogP) is 0.262. The van der Waals surface area contributed by atoms with Crippen LogP contribution in [0.25, 0.3) is 0 Å². The first-order chi connectivity index (χ1) is 7.09. The molecule has 1 aliphatic rings. The molecule has 1 fully saturated rings. The topological polar surface area (TPSA) is 61.4 Å². The quantitative estimate of drug-likeness (QED) is 0.575. The minimum Gasteiger partial charge on any atom is -0.392 e. The van der Waals surface area contributed by atoms with Crippen LogP contribution in [0.2, 0.25) is 0 Å². The molecule has 4 heteroatoms. The smallest absolute Gasteiger partial charge is 0.237 e. The lowest BCUT2D eigenvalue weighted by molar-refractivity contribution is -0.122. The number of aliphatic hydroxyl groups excluding tert-OH is 1. The van der Waals surface area contributed by atoms with Crippen molar-refractivity contribution in [3.8, 4) is 0 Å². The van der Waals surface area contributed by atoms with Gasteiger partial charge in [0.1, 0.15) is 0 Å². The van der Waals surface area contributed by atoms with Gasteiger partial charge in [0.2, 0.25) is 5.91 Å². The van der Waals surface area contributed by atoms with Gasteiger partial charge in [-0.15, -0.1) is 0 Å². The maximum Gasteiger partial charge on any atom is 0.237 e. The molecule has 0 aromatic heterocycles. The normalized spacial score (nSPS) is 25.9. The Bertz CT molecular complexity index is 207. The second kappa shape index (κ2) is 6.08. The number of carbonyl (C=O) groups excluding carboxylic acids is 1. The summed E-state index contributed by atoms with van der Waals surface area (Å²) in [5.41, 5.74) is 0. The summed E-state index contributed by atoms with van der Waals surface area (Å²) in [5.74, 6) is 0.712. The number of carbonyl (C=O) groups is 1. The van der Waals surface area contributed by atoms with Crippen LogP contribution in [0, 0.1) is 5.92 Å². The van der Waals surface area contributed by atoms with Gasteiger partial charge in [-0.1, -0.05) is 13.8 Å². The van der Waals surface area contributed by atoms with Gasteiger partial charge in [-0.25, -0.2) is 0 Å². The molecule has 3 N–H and O–H groups in total. The maximum atomic E-state index is 11.6. The van der Waals surface area contributed by atoms with Crippen LogP contribution in [0.1, 0.15) is 33.1 Å². The Morgan fingerprint density at radius 3 is 2.87 bits per heavy atom. The Labute approximate surface area is 91.4 Å². The fraction of sp³-hybridized carbons (Fsp3) is 0.909. The van der Waals surface area contributed by atoms with Crippen LogP contribution >= 0.6 is 0 Å². The summed E-state index contributed by atoms with van der Waals surface area (Å²) in [4.78, 5) is 11.6. The molecule has 0 spiro atoms. The van der Waals surface area contributed by atoms with E-state index in [4.69, 9.17) is 0 Å². The first-order valence-corrected chi connectivity index (χ1v) is 5.78. The van der Waals surface area contributed by atoms with Crippen molar-refractivity contribution in [3.63, 3.8) is 0 Å². The number of hydrogen-bond acceptors (Lipinski definition) is 3. The molecule has 0 aliphatic carbocycles. The van der Waals surface area contributed by atoms with Gasteiger partial charge in [0.25, 0.3) is 0 Å². The lowest BCUT2D eigenvalue weighted by atomic mass is 10.1. The van der Waals surface area contributed by atoms with E-state index in [1.54, 1.807) is 0 Å². The van der Waals surface area contributed by atoms with Crippen LogP contribution in [0.5, 0.6) is 0 Å². The minimum atomic E-state index is -0.364. The molecular formula is C11H22N2O2. The number of β-amino-alcohol motifs (C(OH)–C–C–N with tert-alkyl or cyclic N) is 1. The van der Waals surface area contributed by atoms with Crippen LogP contribution in [-0.2, 0) is 4.79 Å². The summed E-state index contributed by atoms with van der Waals surface area (Å²) in [6, 6.07) is -0.195. The minimum absolute atomic E-state index is 0.0234. The molecule has 0 saturated carbocycles. The van der Waals surface area contributed by atoms with E-state index >= 15 is 0 Å². The Balaban J connectivity index is 2.08. The molecule has 1 rings (SSSR count). The Hall–Kier alpha value is -0.610. The lowest BCUT2D eigenvalue weighted by Gasteiger charge is -2.11. The van der Waals surface area contributed by atoms with E-state index in [9.17, 15) is 9.90 Å². The number of amides is 1. The molecule has 4 nitrogen and oxygen atoms in total. The van der Waals surface area contributed by atoms with Crippen LogP contribution in [0.4, 0.5) is 0 Å². The van der Waals surface area contributed by atoms with E-state index in [0.29, 0.717) is 18.9 Å². The van der Waals surface area contributed by atoms with Gasteiger partial charge in [-0.05, 0) is 25.2 Å². The molecule has 0 aromatic rings. The van der Waals surface area contributed by atoms with Gasteiger partial charge in [0.15, 0.2) is 0 Å². The highest BCUT2D eigenvalue weighted by molar-refractivity contribution is 5.82. The molecule has 88 valence electrons. The summed E-state index contributed by atoms with van der Waals surface area (Å²) in [6.07, 6.45) is 2.34. The number of hydrogen-bond donors (Lipinski definition) is 3. The lowest BCUT2D eigenvalue weighted by Crippen LogP contribution is -2.40. The van der Waals surface area contributed by atoms with Crippen LogP contribution < -0.4 is 10.6 Å². The number of aliphatic hydroxyl groups is 1. The van der Waals surface area contributed by atoms with Crippen molar-refractivity contribution < 1.29 is 9.90 Å². The van der Waals surface area contributed by atoms with E-state index in [2.05, 4.69) is 24.5 Å². The zero-order valence-corrected chi connectivity index (χ0v) is 9.62. The van der Waals surface area contributed by atoms with Crippen molar-refractivity contribution in [2.24, 2.45) is 5.92 Å². The molecule has 2 atom stereocenters. The molecule has 2 unspecified atom stereocenters. The first kappa shape index (κ1) is 12.5. The predicted molar refractivity (Wildman–Crippen MR) is 59.5 cm³/mol. The SMILES string of the molecule is CC(C)CCCNC(=O)C1CC(O)CN1. The summed E-state index contributed by atoms with van der Waals surface area (Å²) in [7, 11) is 0. The number of rotatable bonds is 5. The second-order valence-electron chi connectivity index (χ2n) is 4.68. The molecular weight excluding hydrogens is 192 g/mol. The third-order valence-electron chi connectivity index (χ3n) is 2.68. The second-order valence-corrected chi connectivity index (χ2v) is 4.68. The summed E-state index contributed by atoms with van der Waals surface area (Å²) in [6.45, 7) is 5.63. The fourth-order valence-corrected chi connectivity index (χ4v) is 1.76. The molecule has 1 aliphatic heterocycles. The summed E-state index contributed by atoms with van der Waals surface area (Å²) in [5, 5.41) is 15.1. The molecule has 0 radical (unpaired) electrons.